The number of nitrogens with zero attached hydrogens (tertiary/aromatic N) is 2. The van der Waals surface area contributed by atoms with Crippen LogP contribution < -0.4 is 5.32 Å². The molecule has 88 valence electrons. The van der Waals surface area contributed by atoms with Gasteiger partial charge in [-0.05, 0) is 6.07 Å². The molecule has 16 heavy (non-hydrogen) atoms. The van der Waals surface area contributed by atoms with Gasteiger partial charge in [0, 0.05) is 26.2 Å². The van der Waals surface area contributed by atoms with E-state index in [2.05, 4.69) is 10.4 Å². The summed E-state index contributed by atoms with van der Waals surface area (Å²) in [5.41, 5.74) is 0.379. The molecule has 0 bridgehead atoms. The zero-order valence-corrected chi connectivity index (χ0v) is 8.75. The molecule has 0 aromatic carbocycles. The molecule has 0 radical (unpaired) electrons. The number of aliphatic carboxylic acids is 1. The van der Waals surface area contributed by atoms with Gasteiger partial charge in [-0.1, -0.05) is 0 Å². The van der Waals surface area contributed by atoms with E-state index < -0.39 is 12.1 Å². The van der Waals surface area contributed by atoms with E-state index in [1.54, 1.807) is 13.1 Å². The first-order valence-corrected chi connectivity index (χ1v) is 4.69. The van der Waals surface area contributed by atoms with E-state index in [0.717, 1.165) is 0 Å². The molecule has 0 spiro atoms. The monoisotopic (exact) mass is 227 g/mol. The maximum Gasteiger partial charge on any atom is 0.332 e. The van der Waals surface area contributed by atoms with Crippen LogP contribution >= 0.6 is 0 Å². The van der Waals surface area contributed by atoms with Gasteiger partial charge in [-0.15, -0.1) is 0 Å². The van der Waals surface area contributed by atoms with E-state index >= 15 is 0 Å². The number of aliphatic hydroxyl groups is 1. The third-order valence-corrected chi connectivity index (χ3v) is 2.04. The van der Waals surface area contributed by atoms with Crippen LogP contribution in [0.1, 0.15) is 16.9 Å². The fourth-order valence-electron chi connectivity index (χ4n) is 1.13. The number of aromatic nitrogens is 2. The SMILES string of the molecule is Cn1nccc1C(=O)NCC[C@H](O)C(=O)O. The second-order valence-corrected chi connectivity index (χ2v) is 3.24. The van der Waals surface area contributed by atoms with E-state index in [4.69, 9.17) is 10.2 Å². The second-order valence-electron chi connectivity index (χ2n) is 3.24. The van der Waals surface area contributed by atoms with Crippen LogP contribution in [0, 0.1) is 0 Å². The summed E-state index contributed by atoms with van der Waals surface area (Å²) in [6.07, 6.45) is 0.00627. The summed E-state index contributed by atoms with van der Waals surface area (Å²) in [6, 6.07) is 1.54. The van der Waals surface area contributed by atoms with Crippen LogP contribution in [0.3, 0.4) is 0 Å². The molecule has 1 rings (SSSR count). The number of rotatable bonds is 5. The van der Waals surface area contributed by atoms with Gasteiger partial charge in [-0.25, -0.2) is 4.79 Å². The molecule has 1 heterocycles. The lowest BCUT2D eigenvalue weighted by molar-refractivity contribution is -0.146. The molecule has 0 aliphatic rings. The lowest BCUT2D eigenvalue weighted by Crippen LogP contribution is -2.31. The molecule has 1 aromatic rings. The van der Waals surface area contributed by atoms with Crippen molar-refractivity contribution in [1.29, 1.82) is 0 Å². The first-order valence-electron chi connectivity index (χ1n) is 4.69. The summed E-state index contributed by atoms with van der Waals surface area (Å²) >= 11 is 0. The van der Waals surface area contributed by atoms with Crippen LogP contribution in [0.4, 0.5) is 0 Å². The minimum atomic E-state index is -1.45. The minimum absolute atomic E-state index is 0.0288. The third kappa shape index (κ3) is 3.06. The van der Waals surface area contributed by atoms with Gasteiger partial charge in [0.1, 0.15) is 5.69 Å². The van der Waals surface area contributed by atoms with Crippen molar-refractivity contribution >= 4 is 11.9 Å². The fourth-order valence-corrected chi connectivity index (χ4v) is 1.13. The molecule has 0 aliphatic heterocycles. The predicted octanol–water partition coefficient (Wildman–Crippen LogP) is -1.01. The second kappa shape index (κ2) is 5.26. The number of carboxylic acid groups (broad SMARTS) is 1. The molecule has 0 unspecified atom stereocenters. The highest BCUT2D eigenvalue weighted by atomic mass is 16.4. The molecule has 1 atom stereocenters. The molecule has 0 aliphatic carbocycles. The Labute approximate surface area is 91.7 Å². The van der Waals surface area contributed by atoms with Crippen LogP contribution in [-0.2, 0) is 11.8 Å². The van der Waals surface area contributed by atoms with Crippen molar-refractivity contribution < 1.29 is 19.8 Å². The average molecular weight is 227 g/mol. The molecule has 7 nitrogen and oxygen atoms in total. The van der Waals surface area contributed by atoms with Gasteiger partial charge in [0.05, 0.1) is 0 Å². The number of hydrogen-bond acceptors (Lipinski definition) is 4. The van der Waals surface area contributed by atoms with Crippen molar-refractivity contribution in [2.24, 2.45) is 7.05 Å². The molecule has 0 saturated heterocycles. The Bertz CT molecular complexity index is 388. The maximum absolute atomic E-state index is 11.5. The molecule has 3 N–H and O–H groups in total. The number of nitrogens with one attached hydrogen (secondary N) is 1. The third-order valence-electron chi connectivity index (χ3n) is 2.04. The van der Waals surface area contributed by atoms with Gasteiger partial charge in [0.2, 0.25) is 0 Å². The summed E-state index contributed by atoms with van der Waals surface area (Å²) in [4.78, 5) is 21.8. The van der Waals surface area contributed by atoms with Crippen LogP contribution in [0.25, 0.3) is 0 Å². The van der Waals surface area contributed by atoms with Crippen molar-refractivity contribution in [2.75, 3.05) is 6.54 Å². The summed E-state index contributed by atoms with van der Waals surface area (Å²) in [6.45, 7) is 0.0947. The Morgan fingerprint density at radius 1 is 1.62 bits per heavy atom. The fraction of sp³-hybridized carbons (Fsp3) is 0.444. The highest BCUT2D eigenvalue weighted by Crippen LogP contribution is 1.96. The first kappa shape index (κ1) is 12.2. The summed E-state index contributed by atoms with van der Waals surface area (Å²) in [5.74, 6) is -1.65. The molecular formula is C9H13N3O4. The topological polar surface area (TPSA) is 104 Å². The highest BCUT2D eigenvalue weighted by molar-refractivity contribution is 5.92. The highest BCUT2D eigenvalue weighted by Gasteiger charge is 2.14. The number of carboxylic acids is 1. The van der Waals surface area contributed by atoms with Crippen molar-refractivity contribution in [1.82, 2.24) is 15.1 Å². The van der Waals surface area contributed by atoms with E-state index in [9.17, 15) is 9.59 Å². The van der Waals surface area contributed by atoms with Gasteiger partial charge in [-0.3, -0.25) is 9.48 Å². The van der Waals surface area contributed by atoms with Crippen LogP contribution in [0.15, 0.2) is 12.3 Å². The van der Waals surface area contributed by atoms with E-state index in [0.29, 0.717) is 5.69 Å². The molecule has 7 heteroatoms. The van der Waals surface area contributed by atoms with Gasteiger partial charge in [0.15, 0.2) is 6.10 Å². The van der Waals surface area contributed by atoms with Crippen LogP contribution in [0.5, 0.6) is 0 Å². The molecular weight excluding hydrogens is 214 g/mol. The van der Waals surface area contributed by atoms with Crippen molar-refractivity contribution in [3.63, 3.8) is 0 Å². The quantitative estimate of drug-likeness (QED) is 0.597. The van der Waals surface area contributed by atoms with Gasteiger partial charge in [0.25, 0.3) is 5.91 Å². The number of carbonyl (C=O) groups excluding carboxylic acids is 1. The normalized spacial score (nSPS) is 12.1. The minimum Gasteiger partial charge on any atom is -0.479 e. The smallest absolute Gasteiger partial charge is 0.332 e. The Morgan fingerprint density at radius 2 is 2.31 bits per heavy atom. The summed E-state index contributed by atoms with van der Waals surface area (Å²) < 4.78 is 1.41. The first-order chi connectivity index (χ1) is 7.52. The van der Waals surface area contributed by atoms with E-state index in [-0.39, 0.29) is 18.9 Å². The van der Waals surface area contributed by atoms with Crippen LogP contribution in [0.2, 0.25) is 0 Å². The zero-order valence-electron chi connectivity index (χ0n) is 8.75. The van der Waals surface area contributed by atoms with E-state index in [1.165, 1.54) is 10.9 Å². The number of aliphatic hydroxyl groups excluding tert-OH is 1. The lowest BCUT2D eigenvalue weighted by atomic mass is 10.2. The average Bonchev–Trinajstić information content (AvgIpc) is 2.64. The largest absolute Gasteiger partial charge is 0.479 e. The predicted molar refractivity (Wildman–Crippen MR) is 53.8 cm³/mol. The number of carbonyl (C=O) groups is 2. The summed E-state index contributed by atoms with van der Waals surface area (Å²) in [7, 11) is 1.63. The maximum atomic E-state index is 11.5. The lowest BCUT2D eigenvalue weighted by Gasteiger charge is -2.07. The van der Waals surface area contributed by atoms with Gasteiger partial charge in [-0.2, -0.15) is 5.10 Å². The van der Waals surface area contributed by atoms with Crippen molar-refractivity contribution in [3.05, 3.63) is 18.0 Å². The Balaban J connectivity index is 2.37. The van der Waals surface area contributed by atoms with Crippen molar-refractivity contribution in [3.8, 4) is 0 Å². The Hall–Kier alpha value is -1.89. The standard InChI is InChI=1S/C9H13N3O4/c1-12-6(2-5-11-12)8(14)10-4-3-7(13)9(15)16/h2,5,7,13H,3-4H2,1H3,(H,10,14)(H,15,16)/t7-/m0/s1. The molecule has 1 aromatic heterocycles. The molecule has 1 amide bonds. The molecule has 0 fully saturated rings. The Morgan fingerprint density at radius 3 is 2.81 bits per heavy atom. The number of aryl methyl sites for hydroxylation is 1. The summed E-state index contributed by atoms with van der Waals surface area (Å²) in [5, 5.41) is 23.7. The van der Waals surface area contributed by atoms with Gasteiger partial charge < -0.3 is 15.5 Å². The van der Waals surface area contributed by atoms with E-state index in [1.807, 2.05) is 0 Å². The number of amides is 1. The Kier molecular flexibility index (Phi) is 4.01. The number of hydrogen-bond donors (Lipinski definition) is 3. The van der Waals surface area contributed by atoms with Crippen molar-refractivity contribution in [2.45, 2.75) is 12.5 Å². The van der Waals surface area contributed by atoms with Gasteiger partial charge >= 0.3 is 5.97 Å². The molecule has 0 saturated carbocycles. The van der Waals surface area contributed by atoms with Crippen LogP contribution in [-0.4, -0.2) is 44.5 Å². The zero-order chi connectivity index (χ0) is 12.1.